The molecule has 7 heteroatoms. The number of carbonyl (C=O) groups excluding carboxylic acids is 3. The minimum atomic E-state index is -0.846. The van der Waals surface area contributed by atoms with Gasteiger partial charge in [-0.3, -0.25) is 14.5 Å². The summed E-state index contributed by atoms with van der Waals surface area (Å²) in [6.45, 7) is 8.27. The van der Waals surface area contributed by atoms with Crippen LogP contribution in [0.25, 0.3) is 0 Å². The molecule has 1 rings (SSSR count). The number of carbonyl (C=O) groups is 3. The highest BCUT2D eigenvalue weighted by Crippen LogP contribution is 2.24. The summed E-state index contributed by atoms with van der Waals surface area (Å²) in [4.78, 5) is 38.0. The fourth-order valence-corrected chi connectivity index (χ4v) is 2.08. The minimum absolute atomic E-state index is 0.177. The Morgan fingerprint density at radius 2 is 1.80 bits per heavy atom. The first kappa shape index (κ1) is 20.6. The van der Waals surface area contributed by atoms with Gasteiger partial charge in [-0.25, -0.2) is 4.79 Å². The number of anilines is 1. The van der Waals surface area contributed by atoms with Crippen LogP contribution in [0, 0.1) is 0 Å². The van der Waals surface area contributed by atoms with Gasteiger partial charge in [0.1, 0.15) is 12.1 Å². The molecule has 138 valence electrons. The number of esters is 2. The predicted molar refractivity (Wildman–Crippen MR) is 94.2 cm³/mol. The molecule has 1 aromatic carbocycles. The van der Waals surface area contributed by atoms with Crippen LogP contribution in [0.4, 0.5) is 5.69 Å². The fraction of sp³-hybridized carbons (Fsp3) is 0.500. The van der Waals surface area contributed by atoms with Gasteiger partial charge in [0.15, 0.2) is 0 Å². The summed E-state index contributed by atoms with van der Waals surface area (Å²) in [5.41, 5.74) is 5.43. The third kappa shape index (κ3) is 6.19. The Bertz CT molecular complexity index is 635. The third-order valence-corrected chi connectivity index (χ3v) is 3.06. The molecule has 1 amide bonds. The van der Waals surface area contributed by atoms with Crippen molar-refractivity contribution in [3.63, 3.8) is 0 Å². The number of hydrogen-bond donors (Lipinski definition) is 1. The summed E-state index contributed by atoms with van der Waals surface area (Å²) in [5.74, 6) is -1.67. The Morgan fingerprint density at radius 3 is 2.32 bits per heavy atom. The van der Waals surface area contributed by atoms with Crippen LogP contribution in [-0.2, 0) is 19.1 Å². The topological polar surface area (TPSA) is 98.9 Å². The van der Waals surface area contributed by atoms with E-state index in [1.54, 1.807) is 45.9 Å². The summed E-state index contributed by atoms with van der Waals surface area (Å²) in [6, 6.07) is 5.58. The van der Waals surface area contributed by atoms with E-state index >= 15 is 0 Å². The molecule has 1 atom stereocenters. The van der Waals surface area contributed by atoms with Gasteiger partial charge in [-0.2, -0.15) is 0 Å². The number of rotatable bonds is 6. The molecule has 0 saturated carbocycles. The summed E-state index contributed by atoms with van der Waals surface area (Å²) >= 11 is 0. The predicted octanol–water partition coefficient (Wildman–Crippen LogP) is 1.89. The van der Waals surface area contributed by atoms with Crippen LogP contribution in [0.2, 0.25) is 0 Å². The minimum Gasteiger partial charge on any atom is -0.465 e. The Labute approximate surface area is 148 Å². The number of ether oxygens (including phenoxy) is 2. The molecule has 0 aliphatic rings. The van der Waals surface area contributed by atoms with E-state index in [4.69, 9.17) is 15.2 Å². The first-order chi connectivity index (χ1) is 11.6. The summed E-state index contributed by atoms with van der Waals surface area (Å²) in [5, 5.41) is 0. The average molecular weight is 350 g/mol. The number of para-hydroxylation sites is 1. The molecule has 0 spiro atoms. The highest BCUT2D eigenvalue weighted by atomic mass is 16.6. The molecule has 0 unspecified atom stereocenters. The molecular formula is C18H26N2O5. The van der Waals surface area contributed by atoms with Crippen molar-refractivity contribution in [3.05, 3.63) is 29.8 Å². The quantitative estimate of drug-likeness (QED) is 0.787. The number of amides is 1. The number of nitrogens with zero attached hydrogens (tertiary/aromatic N) is 1. The highest BCUT2D eigenvalue weighted by molar-refractivity contribution is 6.06. The monoisotopic (exact) mass is 350 g/mol. The van der Waals surface area contributed by atoms with E-state index in [2.05, 4.69) is 0 Å². The number of hydrogen-bond acceptors (Lipinski definition) is 6. The molecule has 0 aromatic heterocycles. The lowest BCUT2D eigenvalue weighted by Gasteiger charge is -2.26. The van der Waals surface area contributed by atoms with E-state index in [0.29, 0.717) is 0 Å². The van der Waals surface area contributed by atoms with Crippen molar-refractivity contribution >= 4 is 23.5 Å². The van der Waals surface area contributed by atoms with E-state index in [0.717, 1.165) is 4.90 Å². The molecule has 0 heterocycles. The van der Waals surface area contributed by atoms with E-state index in [-0.39, 0.29) is 24.4 Å². The van der Waals surface area contributed by atoms with Crippen LogP contribution in [0.3, 0.4) is 0 Å². The fourth-order valence-electron chi connectivity index (χ4n) is 2.08. The van der Waals surface area contributed by atoms with Crippen LogP contribution >= 0.6 is 0 Å². The van der Waals surface area contributed by atoms with Gasteiger partial charge in [0.25, 0.3) is 0 Å². The third-order valence-electron chi connectivity index (χ3n) is 3.06. The molecule has 0 bridgehead atoms. The zero-order valence-electron chi connectivity index (χ0n) is 15.4. The molecule has 7 nitrogen and oxygen atoms in total. The smallest absolute Gasteiger partial charge is 0.340 e. The van der Waals surface area contributed by atoms with Crippen molar-refractivity contribution < 1.29 is 23.9 Å². The molecule has 25 heavy (non-hydrogen) atoms. The standard InChI is InChI=1S/C18H26N2O5/c1-6-24-15(21)11-20(16(22)12(2)19)14-10-8-7-9-13(14)17(23)25-18(3,4)5/h7-10,12H,6,11,19H2,1-5H3/t12-/m0/s1. The molecule has 0 fully saturated rings. The van der Waals surface area contributed by atoms with Crippen molar-refractivity contribution in [1.82, 2.24) is 0 Å². The number of benzene rings is 1. The lowest BCUT2D eigenvalue weighted by Crippen LogP contribution is -2.45. The lowest BCUT2D eigenvalue weighted by molar-refractivity contribution is -0.142. The highest BCUT2D eigenvalue weighted by Gasteiger charge is 2.28. The maximum Gasteiger partial charge on any atom is 0.340 e. The van der Waals surface area contributed by atoms with Gasteiger partial charge < -0.3 is 15.2 Å². The lowest BCUT2D eigenvalue weighted by atomic mass is 10.1. The Hall–Kier alpha value is -2.41. The molecule has 0 radical (unpaired) electrons. The Morgan fingerprint density at radius 1 is 1.20 bits per heavy atom. The van der Waals surface area contributed by atoms with Crippen LogP contribution < -0.4 is 10.6 Å². The SMILES string of the molecule is CCOC(=O)CN(C(=O)[C@H](C)N)c1ccccc1C(=O)OC(C)(C)C. The van der Waals surface area contributed by atoms with E-state index in [9.17, 15) is 14.4 Å². The second kappa shape index (κ2) is 8.62. The van der Waals surface area contributed by atoms with Gasteiger partial charge in [0, 0.05) is 0 Å². The van der Waals surface area contributed by atoms with Crippen molar-refractivity contribution in [2.24, 2.45) is 5.73 Å². The van der Waals surface area contributed by atoms with Crippen molar-refractivity contribution in [2.75, 3.05) is 18.1 Å². The van der Waals surface area contributed by atoms with Crippen LogP contribution in [0.15, 0.2) is 24.3 Å². The zero-order valence-corrected chi connectivity index (χ0v) is 15.4. The van der Waals surface area contributed by atoms with Crippen molar-refractivity contribution in [1.29, 1.82) is 0 Å². The van der Waals surface area contributed by atoms with E-state index in [1.165, 1.54) is 13.0 Å². The van der Waals surface area contributed by atoms with E-state index < -0.39 is 29.5 Å². The van der Waals surface area contributed by atoms with Crippen LogP contribution in [0.5, 0.6) is 0 Å². The van der Waals surface area contributed by atoms with Gasteiger partial charge in [0.2, 0.25) is 5.91 Å². The molecule has 0 aliphatic heterocycles. The van der Waals surface area contributed by atoms with Crippen LogP contribution in [-0.4, -0.2) is 42.6 Å². The first-order valence-corrected chi connectivity index (χ1v) is 8.11. The van der Waals surface area contributed by atoms with Gasteiger partial charge in [-0.1, -0.05) is 12.1 Å². The van der Waals surface area contributed by atoms with Crippen LogP contribution in [0.1, 0.15) is 45.0 Å². The van der Waals surface area contributed by atoms with Gasteiger partial charge in [-0.15, -0.1) is 0 Å². The summed E-state index contributed by atoms with van der Waals surface area (Å²) in [7, 11) is 0. The van der Waals surface area contributed by atoms with Gasteiger partial charge in [0.05, 0.1) is 23.9 Å². The Balaban J connectivity index is 3.28. The summed E-state index contributed by atoms with van der Waals surface area (Å²) in [6.07, 6.45) is 0. The van der Waals surface area contributed by atoms with Crippen molar-refractivity contribution in [3.8, 4) is 0 Å². The zero-order chi connectivity index (χ0) is 19.2. The maximum atomic E-state index is 12.5. The second-order valence-corrected chi connectivity index (χ2v) is 6.54. The molecular weight excluding hydrogens is 324 g/mol. The normalized spacial score (nSPS) is 12.2. The maximum absolute atomic E-state index is 12.5. The largest absolute Gasteiger partial charge is 0.465 e. The van der Waals surface area contributed by atoms with Gasteiger partial charge in [-0.05, 0) is 46.8 Å². The van der Waals surface area contributed by atoms with Gasteiger partial charge >= 0.3 is 11.9 Å². The first-order valence-electron chi connectivity index (χ1n) is 8.11. The summed E-state index contributed by atoms with van der Waals surface area (Å²) < 4.78 is 10.3. The Kier molecular flexibility index (Phi) is 7.11. The molecule has 2 N–H and O–H groups in total. The molecule has 0 saturated heterocycles. The number of nitrogens with two attached hydrogens (primary N) is 1. The van der Waals surface area contributed by atoms with E-state index in [1.807, 2.05) is 0 Å². The second-order valence-electron chi connectivity index (χ2n) is 6.54. The molecule has 1 aromatic rings. The molecule has 0 aliphatic carbocycles. The average Bonchev–Trinajstić information content (AvgIpc) is 2.50. The van der Waals surface area contributed by atoms with Crippen molar-refractivity contribution in [2.45, 2.75) is 46.3 Å².